The highest BCUT2D eigenvalue weighted by Gasteiger charge is 2.36. The summed E-state index contributed by atoms with van der Waals surface area (Å²) in [5, 5.41) is 3.64. The van der Waals surface area contributed by atoms with Crippen LogP contribution in [0.2, 0.25) is 0 Å². The Balaban J connectivity index is 1.85. The number of benzene rings is 1. The van der Waals surface area contributed by atoms with E-state index in [4.69, 9.17) is 5.73 Å². The van der Waals surface area contributed by atoms with Gasteiger partial charge in [0.2, 0.25) is 0 Å². The first-order valence-electron chi connectivity index (χ1n) is 6.62. The summed E-state index contributed by atoms with van der Waals surface area (Å²) in [6.45, 7) is 1.91. The molecule has 0 atom stereocenters. The molecule has 3 rings (SSSR count). The summed E-state index contributed by atoms with van der Waals surface area (Å²) in [6, 6.07) is 8.64. The van der Waals surface area contributed by atoms with Gasteiger partial charge in [0.1, 0.15) is 0 Å². The molecule has 0 amide bonds. The van der Waals surface area contributed by atoms with Crippen molar-refractivity contribution in [2.24, 2.45) is 11.1 Å². The van der Waals surface area contributed by atoms with Crippen molar-refractivity contribution < 1.29 is 0 Å². The molecule has 0 saturated heterocycles. The van der Waals surface area contributed by atoms with Crippen molar-refractivity contribution in [2.75, 3.05) is 25.0 Å². The van der Waals surface area contributed by atoms with Crippen molar-refractivity contribution in [1.82, 2.24) is 0 Å². The summed E-state index contributed by atoms with van der Waals surface area (Å²) >= 11 is 1.83. The molecule has 2 nitrogen and oxygen atoms in total. The molecule has 1 aromatic heterocycles. The number of nitrogens with zero attached hydrogens (tertiary/aromatic N) is 1. The third-order valence-electron chi connectivity index (χ3n) is 4.29. The Morgan fingerprint density at radius 3 is 2.78 bits per heavy atom. The molecule has 1 saturated carbocycles. The number of rotatable bonds is 4. The van der Waals surface area contributed by atoms with Gasteiger partial charge < -0.3 is 10.6 Å². The molecule has 1 heterocycles. The Morgan fingerprint density at radius 2 is 2.11 bits per heavy atom. The van der Waals surface area contributed by atoms with Crippen LogP contribution in [-0.2, 0) is 0 Å². The topological polar surface area (TPSA) is 29.3 Å². The maximum absolute atomic E-state index is 5.96. The van der Waals surface area contributed by atoms with Crippen molar-refractivity contribution in [2.45, 2.75) is 19.3 Å². The number of fused-ring (bicyclic) bond motifs is 1. The van der Waals surface area contributed by atoms with Crippen molar-refractivity contribution in [1.29, 1.82) is 0 Å². The van der Waals surface area contributed by atoms with Crippen LogP contribution in [0.25, 0.3) is 10.1 Å². The first-order valence-corrected chi connectivity index (χ1v) is 7.50. The smallest absolute Gasteiger partial charge is 0.0552 e. The Hall–Kier alpha value is -1.06. The molecule has 2 N–H and O–H groups in total. The van der Waals surface area contributed by atoms with Crippen molar-refractivity contribution >= 4 is 27.1 Å². The molecule has 2 aromatic rings. The summed E-state index contributed by atoms with van der Waals surface area (Å²) in [5.74, 6) is 0. The van der Waals surface area contributed by atoms with Gasteiger partial charge in [0.15, 0.2) is 0 Å². The lowest BCUT2D eigenvalue weighted by Crippen LogP contribution is -2.46. The van der Waals surface area contributed by atoms with E-state index in [-0.39, 0.29) is 0 Å². The quantitative estimate of drug-likeness (QED) is 0.912. The van der Waals surface area contributed by atoms with Crippen LogP contribution in [0.5, 0.6) is 0 Å². The Kier molecular flexibility index (Phi) is 3.04. The summed E-state index contributed by atoms with van der Waals surface area (Å²) in [6.07, 6.45) is 3.92. The van der Waals surface area contributed by atoms with Crippen LogP contribution in [-0.4, -0.2) is 20.1 Å². The second kappa shape index (κ2) is 4.56. The zero-order valence-electron chi connectivity index (χ0n) is 10.9. The van der Waals surface area contributed by atoms with Crippen LogP contribution in [0.3, 0.4) is 0 Å². The molecule has 0 spiro atoms. The van der Waals surface area contributed by atoms with Gasteiger partial charge in [-0.3, -0.25) is 0 Å². The lowest BCUT2D eigenvalue weighted by molar-refractivity contribution is 0.154. The van der Waals surface area contributed by atoms with Crippen molar-refractivity contribution in [3.8, 4) is 0 Å². The lowest BCUT2D eigenvalue weighted by Gasteiger charge is -2.44. The maximum atomic E-state index is 5.96. The van der Waals surface area contributed by atoms with E-state index in [9.17, 15) is 0 Å². The zero-order chi connectivity index (χ0) is 12.6. The van der Waals surface area contributed by atoms with Gasteiger partial charge >= 0.3 is 0 Å². The van der Waals surface area contributed by atoms with Gasteiger partial charge in [-0.25, -0.2) is 0 Å². The largest absolute Gasteiger partial charge is 0.373 e. The molecule has 0 unspecified atom stereocenters. The van der Waals surface area contributed by atoms with Gasteiger partial charge in [0, 0.05) is 34.5 Å². The minimum Gasteiger partial charge on any atom is -0.373 e. The lowest BCUT2D eigenvalue weighted by atomic mass is 9.68. The molecule has 0 radical (unpaired) electrons. The van der Waals surface area contributed by atoms with Gasteiger partial charge in [-0.2, -0.15) is 0 Å². The van der Waals surface area contributed by atoms with E-state index in [1.807, 2.05) is 11.3 Å². The van der Waals surface area contributed by atoms with Crippen molar-refractivity contribution in [3.63, 3.8) is 0 Å². The van der Waals surface area contributed by atoms with Gasteiger partial charge in [-0.05, 0) is 25.5 Å². The first-order chi connectivity index (χ1) is 8.74. The minimum absolute atomic E-state index is 0.373. The summed E-state index contributed by atoms with van der Waals surface area (Å²) in [4.78, 5) is 2.39. The normalized spacial score (nSPS) is 17.7. The van der Waals surface area contributed by atoms with Gasteiger partial charge in [0.25, 0.3) is 0 Å². The fourth-order valence-corrected chi connectivity index (χ4v) is 3.95. The van der Waals surface area contributed by atoms with E-state index in [0.29, 0.717) is 5.41 Å². The number of nitrogens with two attached hydrogens (primary N) is 1. The molecule has 96 valence electrons. The maximum Gasteiger partial charge on any atom is 0.0552 e. The number of hydrogen-bond donors (Lipinski definition) is 1. The van der Waals surface area contributed by atoms with Crippen LogP contribution in [0.15, 0.2) is 29.6 Å². The Bertz CT molecular complexity index is 537. The summed E-state index contributed by atoms with van der Waals surface area (Å²) in [5.41, 5.74) is 7.69. The second-order valence-corrected chi connectivity index (χ2v) is 6.44. The average Bonchev–Trinajstić information content (AvgIpc) is 2.77. The molecule has 0 aliphatic heterocycles. The molecule has 1 aromatic carbocycles. The fraction of sp³-hybridized carbons (Fsp3) is 0.467. The molecule has 3 heteroatoms. The predicted molar refractivity (Wildman–Crippen MR) is 80.4 cm³/mol. The molecule has 1 fully saturated rings. The van der Waals surface area contributed by atoms with E-state index in [0.717, 1.165) is 13.1 Å². The number of hydrogen-bond acceptors (Lipinski definition) is 3. The van der Waals surface area contributed by atoms with E-state index in [2.05, 4.69) is 41.6 Å². The third kappa shape index (κ3) is 1.91. The fourth-order valence-electron chi connectivity index (χ4n) is 2.95. The average molecular weight is 260 g/mol. The highest BCUT2D eigenvalue weighted by Crippen LogP contribution is 2.42. The molecular weight excluding hydrogens is 240 g/mol. The van der Waals surface area contributed by atoms with Crippen LogP contribution in [0.4, 0.5) is 5.69 Å². The van der Waals surface area contributed by atoms with E-state index >= 15 is 0 Å². The van der Waals surface area contributed by atoms with Gasteiger partial charge in [0.05, 0.1) is 5.69 Å². The highest BCUT2D eigenvalue weighted by atomic mass is 32.1. The van der Waals surface area contributed by atoms with Crippen LogP contribution < -0.4 is 10.6 Å². The number of anilines is 1. The monoisotopic (exact) mass is 260 g/mol. The van der Waals surface area contributed by atoms with E-state index in [1.54, 1.807) is 0 Å². The van der Waals surface area contributed by atoms with Gasteiger partial charge in [-0.1, -0.05) is 24.6 Å². The van der Waals surface area contributed by atoms with E-state index in [1.165, 1.54) is 35.0 Å². The van der Waals surface area contributed by atoms with Crippen LogP contribution in [0.1, 0.15) is 19.3 Å². The van der Waals surface area contributed by atoms with Crippen LogP contribution >= 0.6 is 11.3 Å². The summed E-state index contributed by atoms with van der Waals surface area (Å²) in [7, 11) is 2.20. The Morgan fingerprint density at radius 1 is 1.33 bits per heavy atom. The van der Waals surface area contributed by atoms with Crippen LogP contribution in [0, 0.1) is 5.41 Å². The summed E-state index contributed by atoms with van der Waals surface area (Å²) < 4.78 is 1.37. The second-order valence-electron chi connectivity index (χ2n) is 5.53. The molecule has 18 heavy (non-hydrogen) atoms. The molecular formula is C15H20N2S. The number of thiophene rings is 1. The molecule has 1 aliphatic carbocycles. The highest BCUT2D eigenvalue weighted by molar-refractivity contribution is 7.17. The molecule has 0 bridgehead atoms. The SMILES string of the molecule is CN(CC1(CN)CCC1)c1csc2ccccc12. The zero-order valence-corrected chi connectivity index (χ0v) is 11.7. The Labute approximate surface area is 112 Å². The standard InChI is InChI=1S/C15H20N2S/c1-17(11-15(10-16)7-4-8-15)13-9-18-14-6-3-2-5-12(13)14/h2-3,5-6,9H,4,7-8,10-11,16H2,1H3. The minimum atomic E-state index is 0.373. The van der Waals surface area contributed by atoms with E-state index < -0.39 is 0 Å². The first kappa shape index (κ1) is 12.0. The van der Waals surface area contributed by atoms with Crippen molar-refractivity contribution in [3.05, 3.63) is 29.6 Å². The third-order valence-corrected chi connectivity index (χ3v) is 5.24. The predicted octanol–water partition coefficient (Wildman–Crippen LogP) is 3.47. The molecule has 1 aliphatic rings. The van der Waals surface area contributed by atoms with Gasteiger partial charge in [-0.15, -0.1) is 11.3 Å².